The number of benzene rings is 2. The molecule has 0 atom stereocenters. The first-order valence-electron chi connectivity index (χ1n) is 13.4. The molecule has 1 aromatic heterocycles. The standard InChI is InChI=1S/C31H38N4O3/c1-6-7-26-28(34(5)21-24-10-8-23(20-32)9-11-24)15-13-25-27(33-38-29(25)26)14-12-22-16-18-35(19-17-22)30(36)37-31(2,3)4/h6-11,13,15,22H,12,14,16-19,21H2,1-5H3/b7-6+. The number of ether oxygens (including phenoxy) is 1. The van der Waals surface area contributed by atoms with E-state index < -0.39 is 5.60 Å². The molecule has 0 radical (unpaired) electrons. The Labute approximate surface area is 225 Å². The average molecular weight is 515 g/mol. The molecule has 0 aliphatic carbocycles. The van der Waals surface area contributed by atoms with Crippen LogP contribution in [0.4, 0.5) is 10.5 Å². The van der Waals surface area contributed by atoms with Gasteiger partial charge in [0.1, 0.15) is 5.60 Å². The van der Waals surface area contributed by atoms with Gasteiger partial charge in [-0.05, 0) is 89.1 Å². The van der Waals surface area contributed by atoms with E-state index in [1.165, 1.54) is 0 Å². The molecule has 2 aromatic carbocycles. The van der Waals surface area contributed by atoms with Crippen molar-refractivity contribution in [1.82, 2.24) is 10.1 Å². The van der Waals surface area contributed by atoms with Crippen molar-refractivity contribution in [3.05, 3.63) is 64.9 Å². The molecule has 0 saturated carbocycles. The van der Waals surface area contributed by atoms with Crippen LogP contribution in [0.3, 0.4) is 0 Å². The Balaban J connectivity index is 1.42. The first-order chi connectivity index (χ1) is 18.2. The number of hydrogen-bond acceptors (Lipinski definition) is 6. The molecular weight excluding hydrogens is 476 g/mol. The highest BCUT2D eigenvalue weighted by molar-refractivity contribution is 5.93. The maximum atomic E-state index is 12.4. The molecule has 0 N–H and O–H groups in total. The van der Waals surface area contributed by atoms with Gasteiger partial charge < -0.3 is 19.1 Å². The predicted molar refractivity (Wildman–Crippen MR) is 151 cm³/mol. The van der Waals surface area contributed by atoms with Gasteiger partial charge in [0.2, 0.25) is 0 Å². The normalized spacial score (nSPS) is 14.7. The van der Waals surface area contributed by atoms with Crippen LogP contribution in [0.5, 0.6) is 0 Å². The minimum absolute atomic E-state index is 0.213. The smallest absolute Gasteiger partial charge is 0.410 e. The molecule has 0 bridgehead atoms. The van der Waals surface area contributed by atoms with E-state index in [0.717, 1.165) is 72.3 Å². The van der Waals surface area contributed by atoms with Crippen LogP contribution in [0.1, 0.15) is 69.3 Å². The average Bonchev–Trinajstić information content (AvgIpc) is 3.31. The third-order valence-electron chi connectivity index (χ3n) is 7.03. The molecule has 38 heavy (non-hydrogen) atoms. The van der Waals surface area contributed by atoms with Crippen molar-refractivity contribution >= 4 is 28.8 Å². The van der Waals surface area contributed by atoms with Crippen molar-refractivity contribution in [3.63, 3.8) is 0 Å². The topological polar surface area (TPSA) is 82.6 Å². The van der Waals surface area contributed by atoms with E-state index in [1.54, 1.807) is 0 Å². The summed E-state index contributed by atoms with van der Waals surface area (Å²) in [6.07, 6.45) is 7.70. The van der Waals surface area contributed by atoms with Crippen LogP contribution in [0.2, 0.25) is 0 Å². The van der Waals surface area contributed by atoms with Crippen LogP contribution in [0.15, 0.2) is 47.0 Å². The first kappa shape index (κ1) is 27.3. The highest BCUT2D eigenvalue weighted by Gasteiger charge is 2.27. The summed E-state index contributed by atoms with van der Waals surface area (Å²) in [7, 11) is 2.06. The number of allylic oxidation sites excluding steroid dienone is 1. The van der Waals surface area contributed by atoms with Gasteiger partial charge in [0.25, 0.3) is 0 Å². The summed E-state index contributed by atoms with van der Waals surface area (Å²) in [6.45, 7) is 9.89. The summed E-state index contributed by atoms with van der Waals surface area (Å²) >= 11 is 0. The third-order valence-corrected chi connectivity index (χ3v) is 7.03. The number of aromatic nitrogens is 1. The van der Waals surface area contributed by atoms with Gasteiger partial charge in [-0.25, -0.2) is 4.79 Å². The fourth-order valence-corrected chi connectivity index (χ4v) is 5.02. The maximum absolute atomic E-state index is 12.4. The number of carbonyl (C=O) groups excluding carboxylic acids is 1. The molecule has 2 heterocycles. The molecular formula is C31H38N4O3. The fraction of sp³-hybridized carbons (Fsp3) is 0.452. The quantitative estimate of drug-likeness (QED) is 0.339. The summed E-state index contributed by atoms with van der Waals surface area (Å²) in [5, 5.41) is 14.6. The molecule has 0 spiro atoms. The van der Waals surface area contributed by atoms with Crippen molar-refractivity contribution < 1.29 is 14.1 Å². The highest BCUT2D eigenvalue weighted by Crippen LogP contribution is 2.34. The Morgan fingerprint density at radius 3 is 2.55 bits per heavy atom. The van der Waals surface area contributed by atoms with E-state index in [4.69, 9.17) is 14.5 Å². The minimum Gasteiger partial charge on any atom is -0.444 e. The lowest BCUT2D eigenvalue weighted by atomic mass is 9.91. The summed E-state index contributed by atoms with van der Waals surface area (Å²) in [5.41, 5.74) is 5.21. The summed E-state index contributed by atoms with van der Waals surface area (Å²) < 4.78 is 11.4. The zero-order valence-electron chi connectivity index (χ0n) is 23.2. The minimum atomic E-state index is -0.466. The van der Waals surface area contributed by atoms with Gasteiger partial charge in [0, 0.05) is 43.3 Å². The van der Waals surface area contributed by atoms with Crippen LogP contribution in [-0.2, 0) is 17.7 Å². The first-order valence-corrected chi connectivity index (χ1v) is 13.4. The molecule has 7 heteroatoms. The van der Waals surface area contributed by atoms with Crippen molar-refractivity contribution in [3.8, 4) is 6.07 Å². The van der Waals surface area contributed by atoms with Gasteiger partial charge in [-0.3, -0.25) is 0 Å². The van der Waals surface area contributed by atoms with Crippen molar-refractivity contribution in [1.29, 1.82) is 5.26 Å². The summed E-state index contributed by atoms with van der Waals surface area (Å²) in [6, 6.07) is 14.1. The SMILES string of the molecule is C/C=C/c1c(N(C)Cc2ccc(C#N)cc2)ccc2c(CCC3CCN(C(=O)OC(C)(C)C)CC3)noc12. The molecule has 1 amide bonds. The van der Waals surface area contributed by atoms with Gasteiger partial charge in [-0.1, -0.05) is 29.4 Å². The molecule has 1 aliphatic heterocycles. The number of hydrogen-bond donors (Lipinski definition) is 0. The lowest BCUT2D eigenvalue weighted by molar-refractivity contribution is 0.0181. The van der Waals surface area contributed by atoms with E-state index in [1.807, 2.05) is 62.9 Å². The fourth-order valence-electron chi connectivity index (χ4n) is 5.02. The van der Waals surface area contributed by atoms with E-state index in [-0.39, 0.29) is 6.09 Å². The number of nitriles is 1. The molecule has 4 rings (SSSR count). The Morgan fingerprint density at radius 1 is 1.21 bits per heavy atom. The van der Waals surface area contributed by atoms with Crippen molar-refractivity contribution in [2.24, 2.45) is 5.92 Å². The van der Waals surface area contributed by atoms with Crippen LogP contribution in [0.25, 0.3) is 17.0 Å². The maximum Gasteiger partial charge on any atom is 0.410 e. The van der Waals surface area contributed by atoms with Gasteiger partial charge in [-0.15, -0.1) is 0 Å². The molecule has 1 aliphatic rings. The highest BCUT2D eigenvalue weighted by atomic mass is 16.6. The Bertz CT molecular complexity index is 1320. The number of nitrogens with zero attached hydrogens (tertiary/aromatic N) is 4. The molecule has 1 saturated heterocycles. The van der Waals surface area contributed by atoms with Gasteiger partial charge in [0.05, 0.1) is 17.3 Å². The van der Waals surface area contributed by atoms with Gasteiger partial charge >= 0.3 is 6.09 Å². The number of amides is 1. The van der Waals surface area contributed by atoms with E-state index >= 15 is 0 Å². The van der Waals surface area contributed by atoms with Crippen molar-refractivity contribution in [2.45, 2.75) is 65.5 Å². The van der Waals surface area contributed by atoms with E-state index in [9.17, 15) is 4.79 Å². The van der Waals surface area contributed by atoms with Crippen LogP contribution in [-0.4, -0.2) is 41.9 Å². The third kappa shape index (κ3) is 6.55. The van der Waals surface area contributed by atoms with Crippen molar-refractivity contribution in [2.75, 3.05) is 25.0 Å². The largest absolute Gasteiger partial charge is 0.444 e. The van der Waals surface area contributed by atoms with Crippen LogP contribution < -0.4 is 4.90 Å². The number of rotatable bonds is 7. The van der Waals surface area contributed by atoms with E-state index in [2.05, 4.69) is 41.4 Å². The number of carbonyl (C=O) groups is 1. The lowest BCUT2D eigenvalue weighted by Gasteiger charge is -2.33. The second kappa shape index (κ2) is 11.7. The van der Waals surface area contributed by atoms with Crippen LogP contribution in [0, 0.1) is 17.2 Å². The second-order valence-corrected chi connectivity index (χ2v) is 11.1. The molecule has 0 unspecified atom stereocenters. The molecule has 3 aromatic rings. The number of anilines is 1. The number of aryl methyl sites for hydroxylation is 1. The Morgan fingerprint density at radius 2 is 1.92 bits per heavy atom. The zero-order valence-corrected chi connectivity index (χ0v) is 23.2. The number of piperidine rings is 1. The van der Waals surface area contributed by atoms with Gasteiger partial charge in [0.15, 0.2) is 5.58 Å². The molecule has 1 fully saturated rings. The second-order valence-electron chi connectivity index (χ2n) is 11.1. The lowest BCUT2D eigenvalue weighted by Crippen LogP contribution is -2.41. The predicted octanol–water partition coefficient (Wildman–Crippen LogP) is 6.95. The Hall–Kier alpha value is -3.79. The Kier molecular flexibility index (Phi) is 8.41. The summed E-state index contributed by atoms with van der Waals surface area (Å²) in [4.78, 5) is 16.4. The van der Waals surface area contributed by atoms with Gasteiger partial charge in [-0.2, -0.15) is 5.26 Å². The molecule has 7 nitrogen and oxygen atoms in total. The zero-order chi connectivity index (χ0) is 27.3. The number of likely N-dealkylation sites (tertiary alicyclic amines) is 1. The monoisotopic (exact) mass is 514 g/mol. The van der Waals surface area contributed by atoms with Crippen LogP contribution >= 0.6 is 0 Å². The summed E-state index contributed by atoms with van der Waals surface area (Å²) in [5.74, 6) is 0.549. The number of fused-ring (bicyclic) bond motifs is 1. The molecule has 200 valence electrons. The van der Waals surface area contributed by atoms with E-state index in [0.29, 0.717) is 18.0 Å².